The average molecular weight is 315 g/mol. The fraction of sp³-hybridized carbons (Fsp3) is 0.278. The molecule has 0 fully saturated rings. The third-order valence-electron chi connectivity index (χ3n) is 3.64. The SMILES string of the molecule is CCC(Oc1ccc(C(N)c2ccc(OC)cc2)cc1)C(=O)O. The zero-order valence-corrected chi connectivity index (χ0v) is 13.2. The minimum atomic E-state index is -0.966. The van der Waals surface area contributed by atoms with Crippen molar-refractivity contribution in [1.82, 2.24) is 0 Å². The molecule has 23 heavy (non-hydrogen) atoms. The lowest BCUT2D eigenvalue weighted by Gasteiger charge is -2.16. The molecule has 0 saturated carbocycles. The van der Waals surface area contributed by atoms with Crippen LogP contribution in [0.5, 0.6) is 11.5 Å². The van der Waals surface area contributed by atoms with E-state index >= 15 is 0 Å². The van der Waals surface area contributed by atoms with Gasteiger partial charge in [-0.2, -0.15) is 0 Å². The van der Waals surface area contributed by atoms with Gasteiger partial charge in [-0.3, -0.25) is 0 Å². The van der Waals surface area contributed by atoms with Crippen LogP contribution < -0.4 is 15.2 Å². The molecule has 0 spiro atoms. The Hall–Kier alpha value is -2.53. The van der Waals surface area contributed by atoms with Crippen LogP contribution in [0.15, 0.2) is 48.5 Å². The molecule has 2 atom stereocenters. The van der Waals surface area contributed by atoms with Gasteiger partial charge in [0.2, 0.25) is 0 Å². The maximum absolute atomic E-state index is 11.0. The highest BCUT2D eigenvalue weighted by atomic mass is 16.5. The highest BCUT2D eigenvalue weighted by Crippen LogP contribution is 2.24. The number of hydrogen-bond acceptors (Lipinski definition) is 4. The van der Waals surface area contributed by atoms with Crippen molar-refractivity contribution < 1.29 is 19.4 Å². The normalized spacial score (nSPS) is 13.2. The van der Waals surface area contributed by atoms with Crippen molar-refractivity contribution in [2.45, 2.75) is 25.5 Å². The van der Waals surface area contributed by atoms with E-state index in [0.717, 1.165) is 16.9 Å². The van der Waals surface area contributed by atoms with Crippen molar-refractivity contribution in [3.8, 4) is 11.5 Å². The number of benzene rings is 2. The van der Waals surface area contributed by atoms with E-state index in [4.69, 9.17) is 20.3 Å². The minimum Gasteiger partial charge on any atom is -0.497 e. The van der Waals surface area contributed by atoms with Crippen LogP contribution in [-0.2, 0) is 4.79 Å². The molecule has 0 aliphatic carbocycles. The Labute approximate surface area is 135 Å². The predicted molar refractivity (Wildman–Crippen MR) is 87.8 cm³/mol. The number of carboxylic acids is 1. The maximum atomic E-state index is 11.0. The summed E-state index contributed by atoms with van der Waals surface area (Å²) in [7, 11) is 1.62. The first-order chi connectivity index (χ1) is 11.0. The molecule has 3 N–H and O–H groups in total. The summed E-state index contributed by atoms with van der Waals surface area (Å²) in [5, 5.41) is 9.01. The van der Waals surface area contributed by atoms with Crippen LogP contribution >= 0.6 is 0 Å². The molecule has 0 saturated heterocycles. The van der Waals surface area contributed by atoms with Crippen molar-refractivity contribution in [3.05, 3.63) is 59.7 Å². The predicted octanol–water partition coefficient (Wildman–Crippen LogP) is 2.99. The topological polar surface area (TPSA) is 81.8 Å². The van der Waals surface area contributed by atoms with E-state index in [0.29, 0.717) is 12.2 Å². The summed E-state index contributed by atoms with van der Waals surface area (Å²) in [4.78, 5) is 11.0. The summed E-state index contributed by atoms with van der Waals surface area (Å²) in [5.41, 5.74) is 8.15. The monoisotopic (exact) mass is 315 g/mol. The van der Waals surface area contributed by atoms with E-state index in [2.05, 4.69) is 0 Å². The number of rotatable bonds is 7. The third-order valence-corrected chi connectivity index (χ3v) is 3.64. The second-order valence-electron chi connectivity index (χ2n) is 5.17. The van der Waals surface area contributed by atoms with Crippen molar-refractivity contribution in [2.75, 3.05) is 7.11 Å². The fourth-order valence-corrected chi connectivity index (χ4v) is 2.23. The van der Waals surface area contributed by atoms with Crippen molar-refractivity contribution in [3.63, 3.8) is 0 Å². The maximum Gasteiger partial charge on any atom is 0.344 e. The Bertz CT molecular complexity index is 637. The van der Waals surface area contributed by atoms with Gasteiger partial charge in [0, 0.05) is 0 Å². The van der Waals surface area contributed by atoms with Crippen LogP contribution in [0.3, 0.4) is 0 Å². The zero-order valence-electron chi connectivity index (χ0n) is 13.2. The first-order valence-electron chi connectivity index (χ1n) is 7.44. The molecule has 0 radical (unpaired) electrons. The Balaban J connectivity index is 2.10. The molecule has 0 aliphatic heterocycles. The summed E-state index contributed by atoms with van der Waals surface area (Å²) < 4.78 is 10.6. The number of carbonyl (C=O) groups is 1. The molecule has 5 heteroatoms. The van der Waals surface area contributed by atoms with Gasteiger partial charge in [-0.15, -0.1) is 0 Å². The number of methoxy groups -OCH3 is 1. The van der Waals surface area contributed by atoms with Crippen LogP contribution in [0.4, 0.5) is 0 Å². The van der Waals surface area contributed by atoms with Crippen LogP contribution in [0.2, 0.25) is 0 Å². The average Bonchev–Trinajstić information content (AvgIpc) is 2.59. The molecule has 2 unspecified atom stereocenters. The summed E-state index contributed by atoms with van der Waals surface area (Å²) >= 11 is 0. The van der Waals surface area contributed by atoms with Crippen LogP contribution in [0.25, 0.3) is 0 Å². The molecule has 0 bridgehead atoms. The Morgan fingerprint density at radius 1 is 1.04 bits per heavy atom. The third kappa shape index (κ3) is 4.23. The van der Waals surface area contributed by atoms with Crippen LogP contribution in [-0.4, -0.2) is 24.3 Å². The van der Waals surface area contributed by atoms with Gasteiger partial charge in [-0.1, -0.05) is 31.2 Å². The first-order valence-corrected chi connectivity index (χ1v) is 7.44. The van der Waals surface area contributed by atoms with Gasteiger partial charge in [0.15, 0.2) is 6.10 Å². The van der Waals surface area contributed by atoms with E-state index in [-0.39, 0.29) is 6.04 Å². The van der Waals surface area contributed by atoms with Gasteiger partial charge in [-0.05, 0) is 41.8 Å². The van der Waals surface area contributed by atoms with E-state index in [1.807, 2.05) is 36.4 Å². The Morgan fingerprint density at radius 2 is 1.52 bits per heavy atom. The number of ether oxygens (including phenoxy) is 2. The van der Waals surface area contributed by atoms with E-state index in [9.17, 15) is 4.79 Å². The van der Waals surface area contributed by atoms with Gasteiger partial charge in [0.25, 0.3) is 0 Å². The van der Waals surface area contributed by atoms with E-state index < -0.39 is 12.1 Å². The lowest BCUT2D eigenvalue weighted by molar-refractivity contribution is -0.145. The zero-order chi connectivity index (χ0) is 16.8. The fourth-order valence-electron chi connectivity index (χ4n) is 2.23. The summed E-state index contributed by atoms with van der Waals surface area (Å²) in [6.45, 7) is 1.77. The molecule has 0 amide bonds. The molecule has 2 aromatic rings. The van der Waals surface area contributed by atoms with Gasteiger partial charge < -0.3 is 20.3 Å². The molecular weight excluding hydrogens is 294 g/mol. The molecule has 2 aromatic carbocycles. The second kappa shape index (κ2) is 7.65. The van der Waals surface area contributed by atoms with Gasteiger partial charge >= 0.3 is 5.97 Å². The van der Waals surface area contributed by atoms with Crippen LogP contribution in [0, 0.1) is 0 Å². The minimum absolute atomic E-state index is 0.267. The number of aliphatic carboxylic acids is 1. The quantitative estimate of drug-likeness (QED) is 0.821. The summed E-state index contributed by atoms with van der Waals surface area (Å²) in [6, 6.07) is 14.5. The molecular formula is C18H21NO4. The van der Waals surface area contributed by atoms with Gasteiger partial charge in [0.1, 0.15) is 11.5 Å². The van der Waals surface area contributed by atoms with Gasteiger partial charge in [0.05, 0.1) is 13.2 Å². The van der Waals surface area contributed by atoms with Gasteiger partial charge in [-0.25, -0.2) is 4.79 Å². The lowest BCUT2D eigenvalue weighted by atomic mass is 9.99. The molecule has 0 heterocycles. The molecule has 122 valence electrons. The van der Waals surface area contributed by atoms with E-state index in [1.165, 1.54) is 0 Å². The van der Waals surface area contributed by atoms with Crippen molar-refractivity contribution >= 4 is 5.97 Å². The van der Waals surface area contributed by atoms with Crippen molar-refractivity contribution in [1.29, 1.82) is 0 Å². The number of nitrogens with two attached hydrogens (primary N) is 1. The summed E-state index contributed by atoms with van der Waals surface area (Å²) in [6.07, 6.45) is -0.432. The highest BCUT2D eigenvalue weighted by molar-refractivity contribution is 5.72. The first kappa shape index (κ1) is 16.8. The molecule has 0 aromatic heterocycles. The smallest absolute Gasteiger partial charge is 0.344 e. The van der Waals surface area contributed by atoms with E-state index in [1.54, 1.807) is 26.2 Å². The number of hydrogen-bond donors (Lipinski definition) is 2. The molecule has 5 nitrogen and oxygen atoms in total. The standard InChI is InChI=1S/C18H21NO4/c1-3-16(18(20)21)23-15-10-6-13(7-11-15)17(19)12-4-8-14(22-2)9-5-12/h4-11,16-17H,3,19H2,1-2H3,(H,20,21). The largest absolute Gasteiger partial charge is 0.497 e. The second-order valence-corrected chi connectivity index (χ2v) is 5.17. The number of carboxylic acid groups (broad SMARTS) is 1. The Morgan fingerprint density at radius 3 is 1.91 bits per heavy atom. The van der Waals surface area contributed by atoms with Crippen LogP contribution in [0.1, 0.15) is 30.5 Å². The highest BCUT2D eigenvalue weighted by Gasteiger charge is 2.17. The Kier molecular flexibility index (Phi) is 5.60. The summed E-state index contributed by atoms with van der Waals surface area (Å²) in [5.74, 6) is 0.334. The van der Waals surface area contributed by atoms with Crippen molar-refractivity contribution in [2.24, 2.45) is 5.73 Å². The molecule has 0 aliphatic rings. The molecule has 2 rings (SSSR count). The lowest BCUT2D eigenvalue weighted by Crippen LogP contribution is -2.25.